The van der Waals surface area contributed by atoms with E-state index >= 15 is 0 Å². The zero-order chi connectivity index (χ0) is 16.8. The first kappa shape index (κ1) is 14.8. The Labute approximate surface area is 149 Å². The van der Waals surface area contributed by atoms with Gasteiger partial charge in [-0.05, 0) is 55.0 Å². The summed E-state index contributed by atoms with van der Waals surface area (Å²) >= 11 is 1.74. The van der Waals surface area contributed by atoms with E-state index in [0.717, 1.165) is 40.5 Å². The molecule has 5 nitrogen and oxygen atoms in total. The van der Waals surface area contributed by atoms with Gasteiger partial charge in [-0.25, -0.2) is 0 Å². The lowest BCUT2D eigenvalue weighted by Gasteiger charge is -2.24. The Balaban J connectivity index is 1.38. The van der Waals surface area contributed by atoms with Crippen molar-refractivity contribution in [1.29, 1.82) is 0 Å². The molecule has 128 valence electrons. The van der Waals surface area contributed by atoms with Crippen LogP contribution < -0.4 is 20.1 Å². The lowest BCUT2D eigenvalue weighted by Crippen LogP contribution is -2.43. The van der Waals surface area contributed by atoms with Crippen LogP contribution in [0.15, 0.2) is 24.3 Å². The van der Waals surface area contributed by atoms with Crippen LogP contribution in [0.5, 0.6) is 11.5 Å². The third-order valence-electron chi connectivity index (χ3n) is 4.85. The molecule has 1 amide bonds. The maximum Gasteiger partial charge on any atom is 0.256 e. The van der Waals surface area contributed by atoms with Crippen molar-refractivity contribution >= 4 is 28.3 Å². The molecule has 1 aromatic carbocycles. The van der Waals surface area contributed by atoms with Crippen LogP contribution in [0.4, 0.5) is 5.00 Å². The Morgan fingerprint density at radius 3 is 2.96 bits per heavy atom. The highest BCUT2D eigenvalue weighted by atomic mass is 32.1. The van der Waals surface area contributed by atoms with Gasteiger partial charge >= 0.3 is 0 Å². The van der Waals surface area contributed by atoms with Gasteiger partial charge in [-0.2, -0.15) is 0 Å². The van der Waals surface area contributed by atoms with Crippen LogP contribution in [0.2, 0.25) is 0 Å². The molecule has 25 heavy (non-hydrogen) atoms. The largest absolute Gasteiger partial charge is 0.454 e. The molecule has 0 fully saturated rings. The molecule has 3 heterocycles. The summed E-state index contributed by atoms with van der Waals surface area (Å²) in [6, 6.07) is 5.82. The van der Waals surface area contributed by atoms with E-state index in [0.29, 0.717) is 0 Å². The first-order valence-electron chi connectivity index (χ1n) is 8.58. The standard InChI is InChI=1S/C19H18N2O3S/c22-18-17-12-3-1-2-4-15(12)25-19(17)21-16(20-18)8-6-11-5-7-13-14(9-11)24-10-23-13/h5-9,16,21H,1-4,10H2,(H,20,22)/b8-6-/t16-/m0/s1. The van der Waals surface area contributed by atoms with E-state index in [2.05, 4.69) is 10.6 Å². The van der Waals surface area contributed by atoms with Crippen LogP contribution in [0, 0.1) is 0 Å². The van der Waals surface area contributed by atoms with Crippen molar-refractivity contribution in [1.82, 2.24) is 5.32 Å². The van der Waals surface area contributed by atoms with Gasteiger partial charge in [0, 0.05) is 4.88 Å². The van der Waals surface area contributed by atoms with Crippen molar-refractivity contribution in [3.8, 4) is 11.5 Å². The summed E-state index contributed by atoms with van der Waals surface area (Å²) in [4.78, 5) is 14.0. The van der Waals surface area contributed by atoms with Crippen LogP contribution in [0.3, 0.4) is 0 Å². The minimum atomic E-state index is -0.203. The number of rotatable bonds is 2. The van der Waals surface area contributed by atoms with Crippen molar-refractivity contribution in [2.45, 2.75) is 31.8 Å². The molecular formula is C19H18N2O3S. The molecular weight excluding hydrogens is 336 g/mol. The van der Waals surface area contributed by atoms with Crippen LogP contribution in [-0.2, 0) is 12.8 Å². The molecule has 2 aliphatic heterocycles. The molecule has 1 aliphatic carbocycles. The topological polar surface area (TPSA) is 59.6 Å². The van der Waals surface area contributed by atoms with E-state index in [1.54, 1.807) is 11.3 Å². The summed E-state index contributed by atoms with van der Waals surface area (Å²) in [5.74, 6) is 1.57. The lowest BCUT2D eigenvalue weighted by molar-refractivity contribution is 0.0943. The van der Waals surface area contributed by atoms with Crippen molar-refractivity contribution in [2.75, 3.05) is 12.1 Å². The number of hydrogen-bond acceptors (Lipinski definition) is 5. The molecule has 0 saturated carbocycles. The Morgan fingerprint density at radius 2 is 2.00 bits per heavy atom. The van der Waals surface area contributed by atoms with Gasteiger partial charge in [0.15, 0.2) is 11.5 Å². The minimum Gasteiger partial charge on any atom is -0.454 e. The summed E-state index contributed by atoms with van der Waals surface area (Å²) < 4.78 is 10.7. The third kappa shape index (κ3) is 2.57. The van der Waals surface area contributed by atoms with Gasteiger partial charge in [-0.1, -0.05) is 12.1 Å². The normalized spacial score (nSPS) is 20.8. The van der Waals surface area contributed by atoms with Gasteiger partial charge in [0.2, 0.25) is 6.79 Å². The van der Waals surface area contributed by atoms with Gasteiger partial charge in [0.1, 0.15) is 11.2 Å². The average Bonchev–Trinajstić information content (AvgIpc) is 3.23. The number of aryl methyl sites for hydroxylation is 1. The highest BCUT2D eigenvalue weighted by molar-refractivity contribution is 7.16. The van der Waals surface area contributed by atoms with Crippen LogP contribution in [-0.4, -0.2) is 18.9 Å². The molecule has 2 N–H and O–H groups in total. The monoisotopic (exact) mass is 354 g/mol. The fourth-order valence-electron chi connectivity index (χ4n) is 3.62. The van der Waals surface area contributed by atoms with Crippen LogP contribution >= 0.6 is 11.3 Å². The number of fused-ring (bicyclic) bond motifs is 4. The Bertz CT molecular complexity index is 887. The number of anilines is 1. The second-order valence-corrected chi connectivity index (χ2v) is 7.59. The van der Waals surface area contributed by atoms with Crippen molar-refractivity contribution in [3.63, 3.8) is 0 Å². The maximum atomic E-state index is 12.6. The van der Waals surface area contributed by atoms with Crippen molar-refractivity contribution in [3.05, 3.63) is 45.8 Å². The molecule has 3 aliphatic rings. The molecule has 0 saturated heterocycles. The molecule has 5 rings (SSSR count). The van der Waals surface area contributed by atoms with Gasteiger partial charge in [-0.3, -0.25) is 4.79 Å². The summed E-state index contributed by atoms with van der Waals surface area (Å²) in [5.41, 5.74) is 3.14. The van der Waals surface area contributed by atoms with E-state index < -0.39 is 0 Å². The number of thiophene rings is 1. The molecule has 0 radical (unpaired) electrons. The molecule has 6 heteroatoms. The van der Waals surface area contributed by atoms with E-state index in [-0.39, 0.29) is 18.9 Å². The van der Waals surface area contributed by atoms with E-state index in [9.17, 15) is 4.79 Å². The second kappa shape index (κ2) is 5.81. The third-order valence-corrected chi connectivity index (χ3v) is 6.07. The molecule has 0 bridgehead atoms. The van der Waals surface area contributed by atoms with E-state index in [4.69, 9.17) is 9.47 Å². The van der Waals surface area contributed by atoms with Gasteiger partial charge < -0.3 is 20.1 Å². The smallest absolute Gasteiger partial charge is 0.256 e. The Morgan fingerprint density at radius 1 is 1.12 bits per heavy atom. The van der Waals surface area contributed by atoms with Gasteiger partial charge in [0.25, 0.3) is 5.91 Å². The first-order valence-corrected chi connectivity index (χ1v) is 9.39. The maximum absolute atomic E-state index is 12.6. The highest BCUT2D eigenvalue weighted by Crippen LogP contribution is 2.40. The Hall–Kier alpha value is -2.47. The predicted octanol–water partition coefficient (Wildman–Crippen LogP) is 3.55. The number of hydrogen-bond donors (Lipinski definition) is 2. The fourth-order valence-corrected chi connectivity index (χ4v) is 4.94. The molecule has 1 aromatic heterocycles. The average molecular weight is 354 g/mol. The summed E-state index contributed by atoms with van der Waals surface area (Å²) in [6.45, 7) is 0.272. The molecule has 0 unspecified atom stereocenters. The molecule has 1 atom stereocenters. The molecule has 0 spiro atoms. The number of carbonyl (C=O) groups excluding carboxylic acids is 1. The summed E-state index contributed by atoms with van der Waals surface area (Å²) in [5, 5.41) is 7.51. The van der Waals surface area contributed by atoms with E-state index in [1.807, 2.05) is 30.4 Å². The van der Waals surface area contributed by atoms with E-state index in [1.165, 1.54) is 23.3 Å². The number of ether oxygens (including phenoxy) is 2. The van der Waals surface area contributed by atoms with Crippen LogP contribution in [0.1, 0.15) is 39.2 Å². The highest BCUT2D eigenvalue weighted by Gasteiger charge is 2.30. The summed E-state index contributed by atoms with van der Waals surface area (Å²) in [7, 11) is 0. The quantitative estimate of drug-likeness (QED) is 0.866. The van der Waals surface area contributed by atoms with Crippen molar-refractivity contribution in [2.24, 2.45) is 0 Å². The SMILES string of the molecule is O=C1N[C@H](/C=C\c2ccc3c(c2)OCO3)Nc2sc3c(c21)CCCC3. The van der Waals surface area contributed by atoms with Crippen LogP contribution in [0.25, 0.3) is 6.08 Å². The Kier molecular flexibility index (Phi) is 3.45. The minimum absolute atomic E-state index is 0.0356. The first-order chi connectivity index (χ1) is 12.3. The lowest BCUT2D eigenvalue weighted by atomic mass is 9.94. The zero-order valence-electron chi connectivity index (χ0n) is 13.6. The van der Waals surface area contributed by atoms with Gasteiger partial charge in [0.05, 0.1) is 5.56 Å². The number of carbonyl (C=O) groups is 1. The predicted molar refractivity (Wildman–Crippen MR) is 97.4 cm³/mol. The zero-order valence-corrected chi connectivity index (χ0v) is 14.4. The second-order valence-electron chi connectivity index (χ2n) is 6.48. The van der Waals surface area contributed by atoms with Crippen molar-refractivity contribution < 1.29 is 14.3 Å². The molecule has 2 aromatic rings. The number of amides is 1. The fraction of sp³-hybridized carbons (Fsp3) is 0.316. The van der Waals surface area contributed by atoms with Gasteiger partial charge in [-0.15, -0.1) is 11.3 Å². The summed E-state index contributed by atoms with van der Waals surface area (Å²) in [6.07, 6.45) is 8.27. The number of nitrogens with one attached hydrogen (secondary N) is 2. The number of benzene rings is 1.